The van der Waals surface area contributed by atoms with E-state index in [0.29, 0.717) is 24.0 Å². The molecule has 0 radical (unpaired) electrons. The lowest BCUT2D eigenvalue weighted by molar-refractivity contribution is -0.209. The number of fused-ring (bicyclic) bond motifs is 5. The molecule has 4 heteroatoms. The molecule has 1 heterocycles. The van der Waals surface area contributed by atoms with Crippen molar-refractivity contribution in [2.45, 2.75) is 70.0 Å². The summed E-state index contributed by atoms with van der Waals surface area (Å²) in [6.07, 6.45) is 10.7. The first-order valence-corrected chi connectivity index (χ1v) is 10.6. The van der Waals surface area contributed by atoms with Crippen LogP contribution in [0.15, 0.2) is 0 Å². The lowest BCUT2D eigenvalue weighted by Gasteiger charge is -2.56. The Kier molecular flexibility index (Phi) is 4.03. The molecule has 4 saturated carbocycles. The first-order chi connectivity index (χ1) is 12.2. The Morgan fingerprint density at radius 1 is 0.960 bits per heavy atom. The lowest BCUT2D eigenvalue weighted by atomic mass is 9.49. The van der Waals surface area contributed by atoms with E-state index in [0.717, 1.165) is 63.1 Å². The molecule has 25 heavy (non-hydrogen) atoms. The van der Waals surface area contributed by atoms with Gasteiger partial charge in [-0.2, -0.15) is 0 Å². The normalized spacial score (nSPS) is 48.2. The summed E-state index contributed by atoms with van der Waals surface area (Å²) in [6, 6.07) is 0. The van der Waals surface area contributed by atoms with Crippen LogP contribution >= 0.6 is 0 Å². The standard InChI is InChI=1S/C21H32O4/c22-10-9-20-7-5-16-15-6-8-21(24-11-12-25-21)13-14(15)1-2-17(16)18(20)3-4-19(20)23/h14-18,22H,1-13H2/t14?,15?,16?,17?,18?,20-/m1/s1. The van der Waals surface area contributed by atoms with Gasteiger partial charge in [-0.15, -0.1) is 0 Å². The SMILES string of the molecule is O=C1CCC2C3CCC4CC5(CCC4C3CC[C@]12CCO)OCCO5. The molecule has 0 bridgehead atoms. The average Bonchev–Trinajstić information content (AvgIpc) is 3.20. The summed E-state index contributed by atoms with van der Waals surface area (Å²) in [6.45, 7) is 1.69. The van der Waals surface area contributed by atoms with Crippen molar-refractivity contribution in [2.75, 3.05) is 19.8 Å². The lowest BCUT2D eigenvalue weighted by Crippen LogP contribution is -2.52. The molecular formula is C21H32O4. The molecule has 1 aliphatic heterocycles. The molecule has 5 rings (SSSR count). The van der Waals surface area contributed by atoms with Crippen molar-refractivity contribution in [3.05, 3.63) is 0 Å². The molecule has 5 unspecified atom stereocenters. The second kappa shape index (κ2) is 6.03. The maximum Gasteiger partial charge on any atom is 0.168 e. The van der Waals surface area contributed by atoms with E-state index in [1.165, 1.54) is 25.7 Å². The van der Waals surface area contributed by atoms with Crippen LogP contribution in [0, 0.1) is 35.0 Å². The van der Waals surface area contributed by atoms with Crippen molar-refractivity contribution in [3.8, 4) is 0 Å². The van der Waals surface area contributed by atoms with Crippen LogP contribution in [0.5, 0.6) is 0 Å². The van der Waals surface area contributed by atoms with Crippen LogP contribution < -0.4 is 0 Å². The number of Topliss-reactive ketones (excluding diaryl/α,β-unsaturated/α-hetero) is 1. The number of carbonyl (C=O) groups is 1. The van der Waals surface area contributed by atoms with E-state index < -0.39 is 0 Å². The topological polar surface area (TPSA) is 55.8 Å². The van der Waals surface area contributed by atoms with Crippen LogP contribution in [-0.4, -0.2) is 36.5 Å². The van der Waals surface area contributed by atoms with Crippen LogP contribution in [0.25, 0.3) is 0 Å². The molecule has 0 aromatic carbocycles. The average molecular weight is 348 g/mol. The number of ketones is 1. The molecule has 4 nitrogen and oxygen atoms in total. The van der Waals surface area contributed by atoms with E-state index >= 15 is 0 Å². The highest BCUT2D eigenvalue weighted by Gasteiger charge is 2.59. The highest BCUT2D eigenvalue weighted by atomic mass is 16.7. The summed E-state index contributed by atoms with van der Waals surface area (Å²) in [7, 11) is 0. The Hall–Kier alpha value is -0.450. The predicted octanol–water partition coefficient (Wildman–Crippen LogP) is 3.31. The summed E-state index contributed by atoms with van der Waals surface area (Å²) in [5.74, 6) is 3.81. The fourth-order valence-corrected chi connectivity index (χ4v) is 7.82. The van der Waals surface area contributed by atoms with E-state index in [9.17, 15) is 9.90 Å². The fourth-order valence-electron chi connectivity index (χ4n) is 7.82. The molecule has 5 aliphatic rings. The molecule has 1 N–H and O–H groups in total. The van der Waals surface area contributed by atoms with Gasteiger partial charge in [-0.3, -0.25) is 4.79 Å². The molecule has 140 valence electrons. The van der Waals surface area contributed by atoms with Crippen molar-refractivity contribution in [1.29, 1.82) is 0 Å². The van der Waals surface area contributed by atoms with Crippen molar-refractivity contribution in [1.82, 2.24) is 0 Å². The summed E-state index contributed by atoms with van der Waals surface area (Å²) in [4.78, 5) is 12.7. The van der Waals surface area contributed by atoms with Crippen molar-refractivity contribution >= 4 is 5.78 Å². The number of hydrogen-bond donors (Lipinski definition) is 1. The Bertz CT molecular complexity index is 540. The maximum atomic E-state index is 12.7. The minimum absolute atomic E-state index is 0.170. The van der Waals surface area contributed by atoms with E-state index in [1.54, 1.807) is 0 Å². The molecule has 0 amide bonds. The minimum Gasteiger partial charge on any atom is -0.396 e. The molecule has 1 saturated heterocycles. The zero-order valence-electron chi connectivity index (χ0n) is 15.3. The molecule has 5 fully saturated rings. The number of ether oxygens (including phenoxy) is 2. The first kappa shape index (κ1) is 16.7. The van der Waals surface area contributed by atoms with Gasteiger partial charge in [0.2, 0.25) is 0 Å². The number of carbonyl (C=O) groups excluding carboxylic acids is 1. The van der Waals surface area contributed by atoms with Crippen LogP contribution in [0.3, 0.4) is 0 Å². The van der Waals surface area contributed by atoms with E-state index in [2.05, 4.69) is 0 Å². The van der Waals surface area contributed by atoms with Crippen molar-refractivity contribution < 1.29 is 19.4 Å². The van der Waals surface area contributed by atoms with Gasteiger partial charge in [-0.05, 0) is 74.5 Å². The quantitative estimate of drug-likeness (QED) is 0.832. The zero-order valence-corrected chi connectivity index (χ0v) is 15.3. The second-order valence-corrected chi connectivity index (χ2v) is 9.42. The van der Waals surface area contributed by atoms with E-state index in [-0.39, 0.29) is 17.8 Å². The molecule has 1 spiro atoms. The summed E-state index contributed by atoms with van der Waals surface area (Å²) < 4.78 is 12.0. The van der Waals surface area contributed by atoms with E-state index in [4.69, 9.17) is 9.47 Å². The third-order valence-corrected chi connectivity index (χ3v) is 8.77. The highest BCUT2D eigenvalue weighted by Crippen LogP contribution is 2.63. The van der Waals surface area contributed by atoms with Crippen LogP contribution in [0.1, 0.15) is 64.2 Å². The van der Waals surface area contributed by atoms with Crippen LogP contribution in [0.4, 0.5) is 0 Å². The number of hydrogen-bond acceptors (Lipinski definition) is 4. The van der Waals surface area contributed by atoms with Crippen molar-refractivity contribution in [2.24, 2.45) is 35.0 Å². The molecule has 6 atom stereocenters. The number of rotatable bonds is 2. The van der Waals surface area contributed by atoms with Gasteiger partial charge >= 0.3 is 0 Å². The summed E-state index contributed by atoms with van der Waals surface area (Å²) >= 11 is 0. The molecule has 0 aromatic heterocycles. The minimum atomic E-state index is -0.257. The largest absolute Gasteiger partial charge is 0.396 e. The monoisotopic (exact) mass is 348 g/mol. The third kappa shape index (κ3) is 2.40. The van der Waals surface area contributed by atoms with Gasteiger partial charge in [0.25, 0.3) is 0 Å². The smallest absolute Gasteiger partial charge is 0.168 e. The Balaban J connectivity index is 1.36. The van der Waals surface area contributed by atoms with Gasteiger partial charge in [-0.25, -0.2) is 0 Å². The molecule has 0 aromatic rings. The summed E-state index contributed by atoms with van der Waals surface area (Å²) in [5, 5.41) is 9.60. The van der Waals surface area contributed by atoms with Crippen molar-refractivity contribution in [3.63, 3.8) is 0 Å². The van der Waals surface area contributed by atoms with Gasteiger partial charge in [0.1, 0.15) is 5.78 Å². The van der Waals surface area contributed by atoms with Gasteiger partial charge in [0.15, 0.2) is 5.79 Å². The Morgan fingerprint density at radius 3 is 2.56 bits per heavy atom. The van der Waals surface area contributed by atoms with Gasteiger partial charge in [0.05, 0.1) is 13.2 Å². The maximum absolute atomic E-state index is 12.7. The third-order valence-electron chi connectivity index (χ3n) is 8.77. The van der Waals surface area contributed by atoms with Crippen LogP contribution in [-0.2, 0) is 14.3 Å². The molecular weight excluding hydrogens is 316 g/mol. The second-order valence-electron chi connectivity index (χ2n) is 9.42. The fraction of sp³-hybridized carbons (Fsp3) is 0.952. The molecule has 4 aliphatic carbocycles. The highest BCUT2D eigenvalue weighted by molar-refractivity contribution is 5.87. The van der Waals surface area contributed by atoms with Gasteiger partial charge in [-0.1, -0.05) is 0 Å². The van der Waals surface area contributed by atoms with Gasteiger partial charge in [0, 0.05) is 31.3 Å². The van der Waals surface area contributed by atoms with E-state index in [1.807, 2.05) is 0 Å². The zero-order chi connectivity index (χ0) is 17.1. The predicted molar refractivity (Wildman–Crippen MR) is 92.8 cm³/mol. The van der Waals surface area contributed by atoms with Gasteiger partial charge < -0.3 is 14.6 Å². The first-order valence-electron chi connectivity index (χ1n) is 10.6. The summed E-state index contributed by atoms with van der Waals surface area (Å²) in [5.41, 5.74) is -0.170. The Morgan fingerprint density at radius 2 is 1.76 bits per heavy atom. The number of aliphatic hydroxyl groups excluding tert-OH is 1. The Labute approximate surface area is 150 Å². The van der Waals surface area contributed by atoms with Crippen LogP contribution in [0.2, 0.25) is 0 Å². The number of aliphatic hydroxyl groups is 1.